The standard InChI is InChI=1S/C14H22FN/c1-4-5-11(2)14(16-3)10-12-6-8-13(15)9-7-12/h6-9,11,14,16H,4-5,10H2,1-3H3. The second-order valence-electron chi connectivity index (χ2n) is 4.49. The Morgan fingerprint density at radius 2 is 1.88 bits per heavy atom. The Labute approximate surface area is 98.1 Å². The maximum atomic E-state index is 12.8. The lowest BCUT2D eigenvalue weighted by atomic mass is 9.92. The van der Waals surface area contributed by atoms with Crippen molar-refractivity contribution in [1.82, 2.24) is 5.32 Å². The van der Waals surface area contributed by atoms with Gasteiger partial charge in [0.15, 0.2) is 0 Å². The van der Waals surface area contributed by atoms with Crippen molar-refractivity contribution in [2.45, 2.75) is 39.2 Å². The Morgan fingerprint density at radius 3 is 2.38 bits per heavy atom. The minimum absolute atomic E-state index is 0.161. The van der Waals surface area contributed by atoms with Crippen LogP contribution in [-0.2, 0) is 6.42 Å². The first-order valence-electron chi connectivity index (χ1n) is 6.09. The average Bonchev–Trinajstić information content (AvgIpc) is 2.28. The molecule has 0 fully saturated rings. The Kier molecular flexibility index (Phi) is 5.47. The fourth-order valence-corrected chi connectivity index (χ4v) is 2.12. The molecule has 0 heterocycles. The van der Waals surface area contributed by atoms with E-state index >= 15 is 0 Å². The number of likely N-dealkylation sites (N-methyl/N-ethyl adjacent to an activating group) is 1. The third-order valence-corrected chi connectivity index (χ3v) is 3.17. The Hall–Kier alpha value is -0.890. The molecule has 0 amide bonds. The van der Waals surface area contributed by atoms with Crippen molar-refractivity contribution in [2.24, 2.45) is 5.92 Å². The van der Waals surface area contributed by atoms with E-state index in [-0.39, 0.29) is 5.82 Å². The van der Waals surface area contributed by atoms with Gasteiger partial charge in [0.25, 0.3) is 0 Å². The van der Waals surface area contributed by atoms with Gasteiger partial charge in [0.1, 0.15) is 5.82 Å². The number of nitrogens with one attached hydrogen (secondary N) is 1. The van der Waals surface area contributed by atoms with E-state index in [1.54, 1.807) is 0 Å². The summed E-state index contributed by atoms with van der Waals surface area (Å²) in [6.45, 7) is 4.48. The maximum absolute atomic E-state index is 12.8. The van der Waals surface area contributed by atoms with E-state index < -0.39 is 0 Å². The lowest BCUT2D eigenvalue weighted by Gasteiger charge is -2.23. The van der Waals surface area contributed by atoms with E-state index in [4.69, 9.17) is 0 Å². The van der Waals surface area contributed by atoms with Crippen molar-refractivity contribution >= 4 is 0 Å². The zero-order valence-corrected chi connectivity index (χ0v) is 10.5. The van der Waals surface area contributed by atoms with Crippen LogP contribution in [0.2, 0.25) is 0 Å². The van der Waals surface area contributed by atoms with Crippen LogP contribution >= 0.6 is 0 Å². The average molecular weight is 223 g/mol. The zero-order valence-electron chi connectivity index (χ0n) is 10.5. The zero-order chi connectivity index (χ0) is 12.0. The van der Waals surface area contributed by atoms with E-state index in [1.807, 2.05) is 19.2 Å². The Bertz CT molecular complexity index is 294. The monoisotopic (exact) mass is 223 g/mol. The van der Waals surface area contributed by atoms with Crippen LogP contribution in [0.15, 0.2) is 24.3 Å². The van der Waals surface area contributed by atoms with Gasteiger partial charge in [-0.25, -0.2) is 4.39 Å². The smallest absolute Gasteiger partial charge is 0.123 e. The number of hydrogen-bond donors (Lipinski definition) is 1. The summed E-state index contributed by atoms with van der Waals surface area (Å²) in [4.78, 5) is 0. The molecule has 2 heteroatoms. The maximum Gasteiger partial charge on any atom is 0.123 e. The van der Waals surface area contributed by atoms with E-state index in [9.17, 15) is 4.39 Å². The van der Waals surface area contributed by atoms with Gasteiger partial charge in [0, 0.05) is 6.04 Å². The highest BCUT2D eigenvalue weighted by molar-refractivity contribution is 5.17. The van der Waals surface area contributed by atoms with E-state index in [0.717, 1.165) is 6.42 Å². The minimum atomic E-state index is -0.161. The number of hydrogen-bond acceptors (Lipinski definition) is 1. The predicted octanol–water partition coefficient (Wildman–Crippen LogP) is 3.39. The van der Waals surface area contributed by atoms with Crippen molar-refractivity contribution in [3.8, 4) is 0 Å². The van der Waals surface area contributed by atoms with Gasteiger partial charge in [-0.1, -0.05) is 32.4 Å². The molecule has 0 spiro atoms. The van der Waals surface area contributed by atoms with Gasteiger partial charge in [-0.05, 0) is 43.5 Å². The second-order valence-corrected chi connectivity index (χ2v) is 4.49. The molecule has 1 N–H and O–H groups in total. The fourth-order valence-electron chi connectivity index (χ4n) is 2.12. The summed E-state index contributed by atoms with van der Waals surface area (Å²) in [5.74, 6) is 0.492. The topological polar surface area (TPSA) is 12.0 Å². The molecule has 0 aliphatic heterocycles. The Balaban J connectivity index is 2.59. The van der Waals surface area contributed by atoms with Gasteiger partial charge in [-0.3, -0.25) is 0 Å². The van der Waals surface area contributed by atoms with Gasteiger partial charge < -0.3 is 5.32 Å². The molecule has 0 aliphatic carbocycles. The van der Waals surface area contributed by atoms with Crippen molar-refractivity contribution in [3.63, 3.8) is 0 Å². The quantitative estimate of drug-likeness (QED) is 0.779. The largest absolute Gasteiger partial charge is 0.316 e. The molecule has 2 unspecified atom stereocenters. The van der Waals surface area contributed by atoms with Crippen molar-refractivity contribution in [3.05, 3.63) is 35.6 Å². The first-order valence-corrected chi connectivity index (χ1v) is 6.09. The van der Waals surface area contributed by atoms with Crippen molar-refractivity contribution in [2.75, 3.05) is 7.05 Å². The number of benzene rings is 1. The van der Waals surface area contributed by atoms with E-state index in [2.05, 4.69) is 19.2 Å². The molecule has 0 saturated heterocycles. The highest BCUT2D eigenvalue weighted by Crippen LogP contribution is 2.15. The lowest BCUT2D eigenvalue weighted by Crippen LogP contribution is -2.34. The summed E-state index contributed by atoms with van der Waals surface area (Å²) in [5, 5.41) is 3.36. The molecule has 0 aliphatic rings. The summed E-state index contributed by atoms with van der Waals surface area (Å²) in [5.41, 5.74) is 1.20. The molecule has 0 saturated carbocycles. The molecule has 16 heavy (non-hydrogen) atoms. The third-order valence-electron chi connectivity index (χ3n) is 3.17. The molecule has 2 atom stereocenters. The van der Waals surface area contributed by atoms with Crippen LogP contribution in [0.5, 0.6) is 0 Å². The van der Waals surface area contributed by atoms with Crippen LogP contribution in [-0.4, -0.2) is 13.1 Å². The van der Waals surface area contributed by atoms with Crippen LogP contribution in [0, 0.1) is 11.7 Å². The van der Waals surface area contributed by atoms with Crippen LogP contribution in [0.25, 0.3) is 0 Å². The summed E-state index contributed by atoms with van der Waals surface area (Å²) < 4.78 is 12.8. The van der Waals surface area contributed by atoms with Crippen LogP contribution < -0.4 is 5.32 Å². The Morgan fingerprint density at radius 1 is 1.25 bits per heavy atom. The first kappa shape index (κ1) is 13.2. The highest BCUT2D eigenvalue weighted by Gasteiger charge is 2.14. The molecule has 0 bridgehead atoms. The molecule has 90 valence electrons. The molecule has 0 radical (unpaired) electrons. The van der Waals surface area contributed by atoms with E-state index in [0.29, 0.717) is 12.0 Å². The molecule has 1 aromatic carbocycles. The summed E-state index contributed by atoms with van der Waals surface area (Å²) in [6, 6.07) is 7.29. The molecular weight excluding hydrogens is 201 g/mol. The molecular formula is C14H22FN. The number of rotatable bonds is 6. The SMILES string of the molecule is CCCC(C)C(Cc1ccc(F)cc1)NC. The van der Waals surface area contributed by atoms with Gasteiger partial charge in [-0.2, -0.15) is 0 Å². The van der Waals surface area contributed by atoms with Gasteiger partial charge >= 0.3 is 0 Å². The normalized spacial score (nSPS) is 14.8. The minimum Gasteiger partial charge on any atom is -0.316 e. The molecule has 0 aromatic heterocycles. The van der Waals surface area contributed by atoms with Gasteiger partial charge in [0.2, 0.25) is 0 Å². The molecule has 1 aromatic rings. The second kappa shape index (κ2) is 6.64. The van der Waals surface area contributed by atoms with Crippen LogP contribution in [0.4, 0.5) is 4.39 Å². The van der Waals surface area contributed by atoms with Gasteiger partial charge in [-0.15, -0.1) is 0 Å². The third kappa shape index (κ3) is 3.93. The molecule has 1 rings (SSSR count). The summed E-state index contributed by atoms with van der Waals surface area (Å²) in [6.07, 6.45) is 3.41. The summed E-state index contributed by atoms with van der Waals surface area (Å²) >= 11 is 0. The predicted molar refractivity (Wildman–Crippen MR) is 67.0 cm³/mol. The van der Waals surface area contributed by atoms with E-state index in [1.165, 1.54) is 30.5 Å². The van der Waals surface area contributed by atoms with Crippen LogP contribution in [0.3, 0.4) is 0 Å². The van der Waals surface area contributed by atoms with Crippen LogP contribution in [0.1, 0.15) is 32.3 Å². The highest BCUT2D eigenvalue weighted by atomic mass is 19.1. The van der Waals surface area contributed by atoms with Gasteiger partial charge in [0.05, 0.1) is 0 Å². The number of halogens is 1. The lowest BCUT2D eigenvalue weighted by molar-refractivity contribution is 0.371. The first-order chi connectivity index (χ1) is 7.67. The summed E-state index contributed by atoms with van der Waals surface area (Å²) in [7, 11) is 2.00. The molecule has 1 nitrogen and oxygen atoms in total. The van der Waals surface area contributed by atoms with Crippen molar-refractivity contribution < 1.29 is 4.39 Å². The van der Waals surface area contributed by atoms with Crippen molar-refractivity contribution in [1.29, 1.82) is 0 Å². The fraction of sp³-hybridized carbons (Fsp3) is 0.571.